The van der Waals surface area contributed by atoms with Crippen LogP contribution in [0.1, 0.15) is 15.9 Å². The fourth-order valence-corrected chi connectivity index (χ4v) is 4.81. The number of nitrogens with zero attached hydrogens (tertiary/aromatic N) is 2. The zero-order chi connectivity index (χ0) is 23.8. The average Bonchev–Trinajstić information content (AvgIpc) is 2.79. The molecule has 1 saturated heterocycles. The van der Waals surface area contributed by atoms with Gasteiger partial charge in [-0.3, -0.25) is 4.98 Å². The minimum absolute atomic E-state index is 0.0943. The van der Waals surface area contributed by atoms with Gasteiger partial charge in [-0.25, -0.2) is 13.3 Å². The van der Waals surface area contributed by atoms with Crippen LogP contribution in [-0.4, -0.2) is 50.9 Å². The Morgan fingerprint density at radius 3 is 2.58 bits per heavy atom. The van der Waals surface area contributed by atoms with Crippen LogP contribution in [0.5, 0.6) is 0 Å². The third-order valence-corrected chi connectivity index (χ3v) is 6.78. The van der Waals surface area contributed by atoms with Crippen molar-refractivity contribution in [2.24, 2.45) is 0 Å². The molecule has 1 aliphatic rings. The molecular weight excluding hydrogens is 483 g/mol. The molecule has 174 valence electrons. The molecule has 4 rings (SSSR count). The minimum atomic E-state index is -4.71. The van der Waals surface area contributed by atoms with Crippen molar-refractivity contribution in [2.45, 2.75) is 11.1 Å². The average molecular weight is 500 g/mol. The molecule has 0 amide bonds. The summed E-state index contributed by atoms with van der Waals surface area (Å²) >= 11 is 6.15. The third kappa shape index (κ3) is 4.96. The molecular formula is C21H17ClF3N3O4S. The first-order valence-corrected chi connectivity index (χ1v) is 11.2. The van der Waals surface area contributed by atoms with E-state index in [0.29, 0.717) is 48.3 Å². The Balaban J connectivity index is 1.86. The van der Waals surface area contributed by atoms with Crippen LogP contribution >= 0.6 is 11.6 Å². The summed E-state index contributed by atoms with van der Waals surface area (Å²) in [4.78, 5) is 16.3. The molecule has 0 saturated carbocycles. The molecule has 7 nitrogen and oxygen atoms in total. The Kier molecular flexibility index (Phi) is 6.57. The van der Waals surface area contributed by atoms with Crippen LogP contribution in [0.15, 0.2) is 47.5 Å². The van der Waals surface area contributed by atoms with Crippen molar-refractivity contribution < 1.29 is 32.0 Å². The van der Waals surface area contributed by atoms with E-state index in [9.17, 15) is 27.3 Å². The van der Waals surface area contributed by atoms with Gasteiger partial charge in [0.1, 0.15) is 11.0 Å². The zero-order valence-electron chi connectivity index (χ0n) is 16.9. The normalized spacial score (nSPS) is 16.0. The molecule has 0 bridgehead atoms. The van der Waals surface area contributed by atoms with E-state index in [1.807, 2.05) is 0 Å². The van der Waals surface area contributed by atoms with Crippen LogP contribution < -0.4 is 5.32 Å². The molecule has 0 spiro atoms. The van der Waals surface area contributed by atoms with Crippen molar-refractivity contribution in [3.05, 3.63) is 58.7 Å². The molecule has 1 aliphatic heterocycles. The monoisotopic (exact) mass is 499 g/mol. The summed E-state index contributed by atoms with van der Waals surface area (Å²) in [5.41, 5.74) is -1.05. The van der Waals surface area contributed by atoms with Crippen molar-refractivity contribution in [1.82, 2.24) is 9.29 Å². The second-order valence-electron chi connectivity index (χ2n) is 7.14. The summed E-state index contributed by atoms with van der Waals surface area (Å²) in [7, 11) is -1.70. The number of hydrogen-bond donors (Lipinski definition) is 2. The van der Waals surface area contributed by atoms with Gasteiger partial charge in [-0.2, -0.15) is 13.2 Å². The van der Waals surface area contributed by atoms with Crippen LogP contribution in [0.4, 0.5) is 24.5 Å². The van der Waals surface area contributed by atoms with E-state index in [0.717, 1.165) is 12.1 Å². The van der Waals surface area contributed by atoms with Gasteiger partial charge in [0.05, 0.1) is 46.1 Å². The number of morpholine rings is 1. The highest BCUT2D eigenvalue weighted by Gasteiger charge is 2.32. The summed E-state index contributed by atoms with van der Waals surface area (Å²) < 4.78 is 59.7. The van der Waals surface area contributed by atoms with Gasteiger partial charge in [0.2, 0.25) is 0 Å². The second kappa shape index (κ2) is 9.26. The third-order valence-electron chi connectivity index (χ3n) is 5.02. The maximum Gasteiger partial charge on any atom is 0.416 e. The number of benzene rings is 2. The first-order valence-electron chi connectivity index (χ1n) is 9.69. The topological polar surface area (TPSA) is 91.8 Å². The van der Waals surface area contributed by atoms with Crippen LogP contribution in [0.3, 0.4) is 0 Å². The highest BCUT2D eigenvalue weighted by molar-refractivity contribution is 7.82. The Bertz CT molecular complexity index is 1250. The summed E-state index contributed by atoms with van der Waals surface area (Å²) in [6.07, 6.45) is -3.31. The molecule has 2 heterocycles. The van der Waals surface area contributed by atoms with Gasteiger partial charge in [-0.15, -0.1) is 0 Å². The first kappa shape index (κ1) is 23.4. The predicted octanol–water partition coefficient (Wildman–Crippen LogP) is 4.70. The SMILES string of the molecule is O=C(O)c1cc(C(F)(F)F)ccc1Nc1c(S(=O)N2CCOCC2)cnc2ccc(Cl)cc12. The van der Waals surface area contributed by atoms with Gasteiger partial charge in [-0.1, -0.05) is 11.6 Å². The smallest absolute Gasteiger partial charge is 0.416 e. The van der Waals surface area contributed by atoms with Crippen molar-refractivity contribution in [3.8, 4) is 0 Å². The lowest BCUT2D eigenvalue weighted by Gasteiger charge is -2.26. The lowest BCUT2D eigenvalue weighted by molar-refractivity contribution is -0.137. The quantitative estimate of drug-likeness (QED) is 0.528. The Morgan fingerprint density at radius 1 is 1.18 bits per heavy atom. The van der Waals surface area contributed by atoms with Crippen LogP contribution in [0.25, 0.3) is 10.9 Å². The van der Waals surface area contributed by atoms with Crippen molar-refractivity contribution in [1.29, 1.82) is 0 Å². The number of ether oxygens (including phenoxy) is 1. The molecule has 3 aromatic rings. The highest BCUT2D eigenvalue weighted by Crippen LogP contribution is 2.37. The second-order valence-corrected chi connectivity index (χ2v) is 9.03. The summed E-state index contributed by atoms with van der Waals surface area (Å²) in [5, 5.41) is 13.2. The first-order chi connectivity index (χ1) is 15.6. The van der Waals surface area contributed by atoms with E-state index in [2.05, 4.69) is 10.3 Å². The number of fused-ring (bicyclic) bond motifs is 1. The number of nitrogens with one attached hydrogen (secondary N) is 1. The van der Waals surface area contributed by atoms with Gasteiger partial charge in [-0.05, 0) is 36.4 Å². The number of pyridine rings is 1. The van der Waals surface area contributed by atoms with Gasteiger partial charge in [0, 0.05) is 29.7 Å². The maximum atomic E-state index is 13.3. The Hall–Kier alpha value is -2.73. The molecule has 1 aromatic heterocycles. The maximum absolute atomic E-state index is 13.3. The van der Waals surface area contributed by atoms with E-state index >= 15 is 0 Å². The zero-order valence-corrected chi connectivity index (χ0v) is 18.4. The van der Waals surface area contributed by atoms with Gasteiger partial charge < -0.3 is 15.2 Å². The van der Waals surface area contributed by atoms with E-state index in [-0.39, 0.29) is 16.3 Å². The largest absolute Gasteiger partial charge is 0.478 e. The molecule has 1 unspecified atom stereocenters. The molecule has 12 heteroatoms. The fourth-order valence-electron chi connectivity index (χ4n) is 3.40. The number of rotatable bonds is 5. The highest BCUT2D eigenvalue weighted by atomic mass is 35.5. The lowest BCUT2D eigenvalue weighted by Crippen LogP contribution is -2.37. The lowest BCUT2D eigenvalue weighted by atomic mass is 10.1. The fraction of sp³-hybridized carbons (Fsp3) is 0.238. The van der Waals surface area contributed by atoms with Gasteiger partial charge in [0.15, 0.2) is 0 Å². The molecule has 0 aliphatic carbocycles. The van der Waals surface area contributed by atoms with Crippen LogP contribution in [0.2, 0.25) is 5.02 Å². The Labute approximate surface area is 193 Å². The number of aromatic carboxylic acids is 1. The number of carboxylic acid groups (broad SMARTS) is 1. The standard InChI is InChI=1S/C21H17ClF3N3O4S/c22-13-2-4-16-14(10-13)19(18(11-26-16)33(31)28-5-7-32-8-6-28)27-17-3-1-12(21(23,24)25)9-15(17)20(29)30/h1-4,9-11H,5-8H2,(H,26,27)(H,29,30). The molecule has 2 N–H and O–H groups in total. The van der Waals surface area contributed by atoms with E-state index in [1.165, 1.54) is 6.20 Å². The summed E-state index contributed by atoms with van der Waals surface area (Å²) in [5.74, 6) is -1.55. The summed E-state index contributed by atoms with van der Waals surface area (Å²) in [6, 6.07) is 7.18. The molecule has 2 aromatic carbocycles. The van der Waals surface area contributed by atoms with Crippen molar-refractivity contribution >= 4 is 50.8 Å². The number of halogens is 4. The van der Waals surface area contributed by atoms with E-state index in [1.54, 1.807) is 22.5 Å². The van der Waals surface area contributed by atoms with Crippen LogP contribution in [-0.2, 0) is 21.9 Å². The number of anilines is 2. The molecule has 1 atom stereocenters. The molecule has 33 heavy (non-hydrogen) atoms. The van der Waals surface area contributed by atoms with Crippen molar-refractivity contribution in [3.63, 3.8) is 0 Å². The van der Waals surface area contributed by atoms with Gasteiger partial charge in [0.25, 0.3) is 0 Å². The number of alkyl halides is 3. The van der Waals surface area contributed by atoms with Crippen molar-refractivity contribution in [2.75, 3.05) is 31.6 Å². The number of carboxylic acids is 1. The number of aromatic nitrogens is 1. The van der Waals surface area contributed by atoms with E-state index in [4.69, 9.17) is 16.3 Å². The Morgan fingerprint density at radius 2 is 1.91 bits per heavy atom. The number of hydrogen-bond acceptors (Lipinski definition) is 5. The molecule has 0 radical (unpaired) electrons. The van der Waals surface area contributed by atoms with E-state index < -0.39 is 34.3 Å². The number of carbonyl (C=O) groups is 1. The van der Waals surface area contributed by atoms with Gasteiger partial charge >= 0.3 is 12.1 Å². The predicted molar refractivity (Wildman–Crippen MR) is 117 cm³/mol. The van der Waals surface area contributed by atoms with Crippen LogP contribution in [0, 0.1) is 0 Å². The minimum Gasteiger partial charge on any atom is -0.478 e. The summed E-state index contributed by atoms with van der Waals surface area (Å²) in [6.45, 7) is 1.59. The molecule has 1 fully saturated rings.